The van der Waals surface area contributed by atoms with Gasteiger partial charge in [0.05, 0.1) is 11.4 Å². The van der Waals surface area contributed by atoms with Crippen molar-refractivity contribution in [3.8, 4) is 0 Å². The Morgan fingerprint density at radius 3 is 2.35 bits per heavy atom. The highest BCUT2D eigenvalue weighted by Gasteiger charge is 2.21. The van der Waals surface area contributed by atoms with E-state index in [1.165, 1.54) is 26.0 Å². The quantitative estimate of drug-likeness (QED) is 0.582. The maximum Gasteiger partial charge on any atom is 0.408 e. The van der Waals surface area contributed by atoms with E-state index in [1.807, 2.05) is 0 Å². The second-order valence-corrected chi connectivity index (χ2v) is 6.22. The van der Waals surface area contributed by atoms with E-state index in [9.17, 15) is 14.4 Å². The highest BCUT2D eigenvalue weighted by Crippen LogP contribution is 2.20. The van der Waals surface area contributed by atoms with Crippen LogP contribution in [0, 0.1) is 0 Å². The first-order chi connectivity index (χ1) is 10.5. The fraction of sp³-hybridized carbons (Fsp3) is 0.438. The van der Waals surface area contributed by atoms with Gasteiger partial charge in [-0.3, -0.25) is 9.59 Å². The van der Waals surface area contributed by atoms with Gasteiger partial charge in [0.1, 0.15) is 11.6 Å². The van der Waals surface area contributed by atoms with Crippen LogP contribution in [0.25, 0.3) is 0 Å². The zero-order valence-corrected chi connectivity index (χ0v) is 14.0. The molecule has 4 N–H and O–H groups in total. The Hall–Kier alpha value is -2.57. The van der Waals surface area contributed by atoms with Crippen LogP contribution in [0.2, 0.25) is 0 Å². The monoisotopic (exact) mass is 321 g/mol. The van der Waals surface area contributed by atoms with E-state index in [4.69, 9.17) is 10.5 Å². The summed E-state index contributed by atoms with van der Waals surface area (Å²) < 4.78 is 5.08. The third-order valence-corrected chi connectivity index (χ3v) is 2.84. The maximum atomic E-state index is 12.1. The van der Waals surface area contributed by atoms with E-state index in [2.05, 4.69) is 10.6 Å². The molecule has 1 aromatic carbocycles. The lowest BCUT2D eigenvalue weighted by Crippen LogP contribution is -2.44. The summed E-state index contributed by atoms with van der Waals surface area (Å²) in [7, 11) is 0. The predicted molar refractivity (Wildman–Crippen MR) is 88.3 cm³/mol. The lowest BCUT2D eigenvalue weighted by Gasteiger charge is -2.21. The van der Waals surface area contributed by atoms with Crippen LogP contribution in [-0.4, -0.2) is 29.4 Å². The van der Waals surface area contributed by atoms with Gasteiger partial charge in [0.25, 0.3) is 0 Å². The summed E-state index contributed by atoms with van der Waals surface area (Å²) in [5.41, 5.74) is 6.21. The van der Waals surface area contributed by atoms with Crippen LogP contribution >= 0.6 is 0 Å². The molecule has 0 heterocycles. The molecule has 0 aromatic heterocycles. The first-order valence-corrected chi connectivity index (χ1v) is 7.20. The molecule has 0 fully saturated rings. The average Bonchev–Trinajstić information content (AvgIpc) is 2.38. The molecule has 0 aliphatic carbocycles. The minimum atomic E-state index is -0.828. The fourth-order valence-corrected chi connectivity index (χ4v) is 1.67. The zero-order chi connectivity index (χ0) is 17.8. The van der Waals surface area contributed by atoms with Crippen molar-refractivity contribution in [2.75, 3.05) is 11.1 Å². The molecular weight excluding hydrogens is 298 g/mol. The highest BCUT2D eigenvalue weighted by atomic mass is 16.6. The van der Waals surface area contributed by atoms with Gasteiger partial charge in [-0.25, -0.2) is 4.79 Å². The van der Waals surface area contributed by atoms with Crippen LogP contribution in [0.1, 0.15) is 45.0 Å². The third-order valence-electron chi connectivity index (χ3n) is 2.84. The minimum absolute atomic E-state index is 0.138. The molecule has 0 radical (unpaired) electrons. The SMILES string of the molecule is CC(=O)c1ccc(N)c(NC(=O)C(C)NC(=O)OC(C)(C)C)c1. The van der Waals surface area contributed by atoms with Crippen molar-refractivity contribution < 1.29 is 19.1 Å². The van der Waals surface area contributed by atoms with Crippen LogP contribution in [0.4, 0.5) is 16.2 Å². The largest absolute Gasteiger partial charge is 0.444 e. The lowest BCUT2D eigenvalue weighted by molar-refractivity contribution is -0.117. The first-order valence-electron chi connectivity index (χ1n) is 7.20. The molecule has 0 aliphatic heterocycles. The molecule has 1 unspecified atom stereocenters. The van der Waals surface area contributed by atoms with E-state index in [0.29, 0.717) is 16.9 Å². The summed E-state index contributed by atoms with van der Waals surface area (Å²) in [6.45, 7) is 8.12. The van der Waals surface area contributed by atoms with Crippen molar-refractivity contribution in [2.45, 2.75) is 46.3 Å². The molecule has 2 amide bonds. The molecule has 7 nitrogen and oxygen atoms in total. The summed E-state index contributed by atoms with van der Waals surface area (Å²) in [5.74, 6) is -0.608. The van der Waals surface area contributed by atoms with Gasteiger partial charge in [-0.2, -0.15) is 0 Å². The number of nitrogen functional groups attached to an aromatic ring is 1. The molecule has 0 saturated heterocycles. The average molecular weight is 321 g/mol. The molecular formula is C16H23N3O4. The number of hydrogen-bond acceptors (Lipinski definition) is 5. The molecule has 1 aromatic rings. The molecule has 0 bridgehead atoms. The van der Waals surface area contributed by atoms with E-state index >= 15 is 0 Å². The number of carbonyl (C=O) groups excluding carboxylic acids is 3. The van der Waals surface area contributed by atoms with Gasteiger partial charge in [-0.05, 0) is 52.8 Å². The number of hydrogen-bond donors (Lipinski definition) is 3. The topological polar surface area (TPSA) is 111 Å². The minimum Gasteiger partial charge on any atom is -0.444 e. The number of anilines is 2. The molecule has 0 saturated carbocycles. The van der Waals surface area contributed by atoms with Crippen molar-refractivity contribution in [3.63, 3.8) is 0 Å². The van der Waals surface area contributed by atoms with Gasteiger partial charge < -0.3 is 21.1 Å². The van der Waals surface area contributed by atoms with Gasteiger partial charge in [0.15, 0.2) is 5.78 Å². The van der Waals surface area contributed by atoms with E-state index < -0.39 is 23.6 Å². The second kappa shape index (κ2) is 7.13. The molecule has 0 aliphatic rings. The van der Waals surface area contributed by atoms with Gasteiger partial charge in [-0.15, -0.1) is 0 Å². The molecule has 1 rings (SSSR count). The Bertz CT molecular complexity index is 620. The lowest BCUT2D eigenvalue weighted by atomic mass is 10.1. The molecule has 126 valence electrons. The predicted octanol–water partition coefficient (Wildman–Crippen LogP) is 2.32. The normalized spacial score (nSPS) is 12.2. The number of ether oxygens (including phenoxy) is 1. The number of Topliss-reactive ketones (excluding diaryl/α,β-unsaturated/α-hetero) is 1. The van der Waals surface area contributed by atoms with Crippen molar-refractivity contribution in [3.05, 3.63) is 23.8 Å². The number of rotatable bonds is 4. The van der Waals surface area contributed by atoms with Crippen LogP contribution in [0.5, 0.6) is 0 Å². The Kier molecular flexibility index (Phi) is 5.73. The third kappa shape index (κ3) is 5.98. The van der Waals surface area contributed by atoms with E-state index in [1.54, 1.807) is 26.8 Å². The molecule has 23 heavy (non-hydrogen) atoms. The summed E-state index contributed by atoms with van der Waals surface area (Å²) >= 11 is 0. The first kappa shape index (κ1) is 18.5. The maximum absolute atomic E-state index is 12.1. The van der Waals surface area contributed by atoms with Crippen molar-refractivity contribution in [2.24, 2.45) is 0 Å². The Balaban J connectivity index is 2.74. The van der Waals surface area contributed by atoms with Crippen LogP contribution in [0.15, 0.2) is 18.2 Å². The Morgan fingerprint density at radius 1 is 1.22 bits per heavy atom. The Labute approximate surface area is 135 Å². The number of benzene rings is 1. The van der Waals surface area contributed by atoms with Gasteiger partial charge in [0.2, 0.25) is 5.91 Å². The standard InChI is InChI=1S/C16H23N3O4/c1-9(18-15(22)23-16(3,4)5)14(21)19-13-8-11(10(2)20)6-7-12(13)17/h6-9H,17H2,1-5H3,(H,18,22)(H,19,21). The summed E-state index contributed by atoms with van der Waals surface area (Å²) in [4.78, 5) is 35.2. The summed E-state index contributed by atoms with van der Waals surface area (Å²) in [5, 5.41) is 5.02. The number of alkyl carbamates (subject to hydrolysis) is 1. The fourth-order valence-electron chi connectivity index (χ4n) is 1.67. The number of nitrogens with two attached hydrogens (primary N) is 1. The summed E-state index contributed by atoms with van der Waals surface area (Å²) in [6.07, 6.45) is -0.689. The summed E-state index contributed by atoms with van der Waals surface area (Å²) in [6, 6.07) is 3.79. The number of nitrogens with one attached hydrogen (secondary N) is 2. The molecule has 7 heteroatoms. The van der Waals surface area contributed by atoms with Gasteiger partial charge >= 0.3 is 6.09 Å². The highest BCUT2D eigenvalue weighted by molar-refractivity contribution is 6.01. The van der Waals surface area contributed by atoms with E-state index in [0.717, 1.165) is 0 Å². The van der Waals surface area contributed by atoms with Crippen LogP contribution < -0.4 is 16.4 Å². The van der Waals surface area contributed by atoms with Crippen LogP contribution in [0.3, 0.4) is 0 Å². The zero-order valence-electron chi connectivity index (χ0n) is 14.0. The van der Waals surface area contributed by atoms with E-state index in [-0.39, 0.29) is 5.78 Å². The molecule has 1 atom stereocenters. The van der Waals surface area contributed by atoms with Crippen molar-refractivity contribution >= 4 is 29.2 Å². The smallest absolute Gasteiger partial charge is 0.408 e. The van der Waals surface area contributed by atoms with Gasteiger partial charge in [0, 0.05) is 5.56 Å². The van der Waals surface area contributed by atoms with Crippen molar-refractivity contribution in [1.29, 1.82) is 0 Å². The van der Waals surface area contributed by atoms with Gasteiger partial charge in [-0.1, -0.05) is 0 Å². The number of carbonyl (C=O) groups is 3. The number of amides is 2. The van der Waals surface area contributed by atoms with Crippen molar-refractivity contribution in [1.82, 2.24) is 5.32 Å². The molecule has 0 spiro atoms. The number of ketones is 1. The second-order valence-electron chi connectivity index (χ2n) is 6.22. The van der Waals surface area contributed by atoms with Crippen LogP contribution in [-0.2, 0) is 9.53 Å². The Morgan fingerprint density at radius 2 is 1.83 bits per heavy atom.